The summed E-state index contributed by atoms with van der Waals surface area (Å²) in [6.45, 7) is 9.51. The maximum Gasteiger partial charge on any atom is 0.393 e. The van der Waals surface area contributed by atoms with Gasteiger partial charge in [-0.05, 0) is 100 Å². The van der Waals surface area contributed by atoms with Crippen molar-refractivity contribution < 1.29 is 21.6 Å². The van der Waals surface area contributed by atoms with Crippen LogP contribution in [0, 0.1) is 29.6 Å². The summed E-state index contributed by atoms with van der Waals surface area (Å²) in [5.74, 6) is 2.14. The lowest BCUT2D eigenvalue weighted by Crippen LogP contribution is -2.40. The number of hydrogen-bond donors (Lipinski definition) is 0. The molecule has 4 fully saturated rings. The number of aromatic nitrogens is 3. The van der Waals surface area contributed by atoms with Crippen LogP contribution in [0.2, 0.25) is 0 Å². The van der Waals surface area contributed by atoms with Crippen LogP contribution in [0.3, 0.4) is 0 Å². The molecule has 1 saturated carbocycles. The highest BCUT2D eigenvalue weighted by Crippen LogP contribution is 2.44. The van der Waals surface area contributed by atoms with Gasteiger partial charge in [0.25, 0.3) is 0 Å². The van der Waals surface area contributed by atoms with Gasteiger partial charge in [-0.15, -0.1) is 11.3 Å². The van der Waals surface area contributed by atoms with Crippen LogP contribution in [-0.2, 0) is 35.8 Å². The largest absolute Gasteiger partial charge is 0.393 e. The van der Waals surface area contributed by atoms with Crippen molar-refractivity contribution in [1.82, 2.24) is 24.3 Å². The zero-order valence-electron chi connectivity index (χ0n) is 29.9. The van der Waals surface area contributed by atoms with Crippen LogP contribution in [0.5, 0.6) is 0 Å². The van der Waals surface area contributed by atoms with E-state index in [2.05, 4.69) is 44.4 Å². The number of likely N-dealkylation sites (tertiary alicyclic amines) is 2. The molecule has 0 radical (unpaired) electrons. The van der Waals surface area contributed by atoms with Crippen LogP contribution in [-0.4, -0.2) is 96.2 Å². The first kappa shape index (κ1) is 35.8. The molecule has 4 aliphatic rings. The number of nitriles is 1. The van der Waals surface area contributed by atoms with Crippen molar-refractivity contribution in [2.24, 2.45) is 11.3 Å². The maximum absolute atomic E-state index is 13.3. The van der Waals surface area contributed by atoms with Crippen LogP contribution in [0.4, 0.5) is 19.0 Å². The van der Waals surface area contributed by atoms with Crippen molar-refractivity contribution in [3.8, 4) is 6.07 Å². The van der Waals surface area contributed by atoms with Crippen LogP contribution >= 0.6 is 11.3 Å². The topological polar surface area (TPSA) is 98.4 Å². The Balaban J connectivity index is 0.949. The van der Waals surface area contributed by atoms with Crippen molar-refractivity contribution in [3.63, 3.8) is 0 Å². The van der Waals surface area contributed by atoms with Gasteiger partial charge in [0.15, 0.2) is 0 Å². The molecule has 0 amide bonds. The van der Waals surface area contributed by atoms with Gasteiger partial charge in [0.05, 0.1) is 17.1 Å². The zero-order valence-corrected chi connectivity index (χ0v) is 31.5. The van der Waals surface area contributed by atoms with Crippen LogP contribution in [0.15, 0.2) is 24.3 Å². The Morgan fingerprint density at radius 3 is 2.46 bits per heavy atom. The van der Waals surface area contributed by atoms with Crippen LogP contribution < -0.4 is 4.90 Å². The molecule has 9 nitrogen and oxygen atoms in total. The molecule has 1 aromatic carbocycles. The first-order valence-corrected chi connectivity index (χ1v) is 21.3. The van der Waals surface area contributed by atoms with E-state index in [1.165, 1.54) is 17.4 Å². The third-order valence-corrected chi connectivity index (χ3v) is 14.7. The van der Waals surface area contributed by atoms with E-state index in [1.807, 2.05) is 6.07 Å². The Bertz CT molecular complexity index is 2140. The summed E-state index contributed by atoms with van der Waals surface area (Å²) in [4.78, 5) is 17.8. The van der Waals surface area contributed by atoms with E-state index < -0.39 is 22.4 Å². The molecular formula is C38H46F3N7O2S2. The smallest absolute Gasteiger partial charge is 0.355 e. The van der Waals surface area contributed by atoms with Gasteiger partial charge in [-0.2, -0.15) is 18.4 Å². The van der Waals surface area contributed by atoms with Crippen molar-refractivity contribution in [1.29, 1.82) is 5.26 Å². The molecule has 52 heavy (non-hydrogen) atoms. The SMILES string of the molecule is Cc1c(CN2CCC3(CCN(c4nc(CC5CC5)nc5sc(CC(F)(F)F)cc45)C3)C2)ccc2c1cc(C#N)n2CCN1CCC(S(C)(=O)=O)CC1. The molecule has 0 N–H and O–H groups in total. The molecule has 6 heterocycles. The number of fused-ring (bicyclic) bond motifs is 2. The predicted octanol–water partition coefficient (Wildman–Crippen LogP) is 6.49. The third kappa shape index (κ3) is 7.43. The van der Waals surface area contributed by atoms with Crippen LogP contribution in [0.1, 0.15) is 66.0 Å². The van der Waals surface area contributed by atoms with E-state index in [4.69, 9.17) is 9.97 Å². The summed E-state index contributed by atoms with van der Waals surface area (Å²) in [7, 11) is -3.01. The minimum atomic E-state index is -4.26. The molecule has 1 spiro atoms. The van der Waals surface area contributed by atoms with Gasteiger partial charge in [-0.25, -0.2) is 18.4 Å². The highest BCUT2D eigenvalue weighted by atomic mass is 32.2. The minimum absolute atomic E-state index is 0.101. The molecule has 4 aromatic rings. The second-order valence-corrected chi connectivity index (χ2v) is 19.4. The summed E-state index contributed by atoms with van der Waals surface area (Å²) in [5, 5.41) is 11.6. The predicted molar refractivity (Wildman–Crippen MR) is 198 cm³/mol. The van der Waals surface area contributed by atoms with Gasteiger partial charge in [-0.3, -0.25) is 4.90 Å². The fourth-order valence-electron chi connectivity index (χ4n) is 8.88. The lowest BCUT2D eigenvalue weighted by atomic mass is 9.86. The number of alkyl halides is 3. The van der Waals surface area contributed by atoms with Crippen LogP contribution in [0.25, 0.3) is 21.1 Å². The number of anilines is 1. The average Bonchev–Trinajstić information content (AvgIpc) is 3.38. The highest BCUT2D eigenvalue weighted by molar-refractivity contribution is 7.91. The summed E-state index contributed by atoms with van der Waals surface area (Å²) in [5.41, 5.74) is 4.24. The van der Waals surface area contributed by atoms with E-state index in [-0.39, 0.29) is 10.7 Å². The number of benzene rings is 1. The van der Waals surface area contributed by atoms with Crippen molar-refractivity contribution in [2.45, 2.75) is 82.8 Å². The second-order valence-electron chi connectivity index (χ2n) is 15.9. The Morgan fingerprint density at radius 2 is 1.75 bits per heavy atom. The van der Waals surface area contributed by atoms with E-state index in [9.17, 15) is 26.9 Å². The molecule has 278 valence electrons. The van der Waals surface area contributed by atoms with E-state index in [0.717, 1.165) is 124 Å². The summed E-state index contributed by atoms with van der Waals surface area (Å²) in [6, 6.07) is 10.4. The normalized spacial score (nSPS) is 22.4. The Hall–Kier alpha value is -3.25. The van der Waals surface area contributed by atoms with Crippen molar-refractivity contribution in [3.05, 3.63) is 51.8 Å². The lowest BCUT2D eigenvalue weighted by Gasteiger charge is -2.31. The molecule has 3 aliphatic heterocycles. The van der Waals surface area contributed by atoms with E-state index >= 15 is 0 Å². The molecule has 0 bridgehead atoms. The van der Waals surface area contributed by atoms with Gasteiger partial charge in [-0.1, -0.05) is 6.07 Å². The molecular weight excluding hydrogens is 708 g/mol. The number of thiophene rings is 1. The standard InChI is InChI=1S/C38H46F3N7O2S2/c1-25-27(5-6-33-31(25)18-28(21-42)48(33)16-15-45-11-7-30(8-12-45)52(2,49)50)22-46-13-9-37(23-46)10-14-47(24-37)35-32-19-29(20-38(39,40)41)51-36(32)44-34(43-35)17-26-3-4-26/h5-6,18-19,26,30H,3-4,7-17,20,22-24H2,1-2H3. The monoisotopic (exact) mass is 753 g/mol. The van der Waals surface area contributed by atoms with Gasteiger partial charge in [0, 0.05) is 73.1 Å². The van der Waals surface area contributed by atoms with Gasteiger partial charge in [0.1, 0.15) is 38.1 Å². The summed E-state index contributed by atoms with van der Waals surface area (Å²) < 4.78 is 66.0. The number of rotatable bonds is 10. The molecule has 1 atom stereocenters. The second kappa shape index (κ2) is 13.6. The minimum Gasteiger partial charge on any atom is -0.355 e. The molecule has 14 heteroatoms. The molecule has 3 aromatic heterocycles. The highest BCUT2D eigenvalue weighted by Gasteiger charge is 2.44. The number of piperidine rings is 1. The van der Waals surface area contributed by atoms with E-state index in [1.54, 1.807) is 6.07 Å². The average molecular weight is 754 g/mol. The molecule has 1 unspecified atom stereocenters. The molecule has 1 aliphatic carbocycles. The summed E-state index contributed by atoms with van der Waals surface area (Å²) in [6.07, 6.45) is 2.64. The zero-order chi connectivity index (χ0) is 36.4. The third-order valence-electron chi connectivity index (χ3n) is 12.0. The number of sulfone groups is 1. The number of hydrogen-bond acceptors (Lipinski definition) is 9. The van der Waals surface area contributed by atoms with Crippen molar-refractivity contribution in [2.75, 3.05) is 57.0 Å². The maximum atomic E-state index is 13.3. The Kier molecular flexibility index (Phi) is 9.32. The number of nitrogens with zero attached hydrogens (tertiary/aromatic N) is 7. The quantitative estimate of drug-likeness (QED) is 0.181. The molecule has 8 rings (SSSR count). The first-order valence-electron chi connectivity index (χ1n) is 18.5. The number of halogens is 3. The van der Waals surface area contributed by atoms with Crippen molar-refractivity contribution >= 4 is 48.1 Å². The number of aryl methyl sites for hydroxylation is 1. The Labute approximate surface area is 307 Å². The Morgan fingerprint density at radius 1 is 0.981 bits per heavy atom. The van der Waals surface area contributed by atoms with Gasteiger partial charge >= 0.3 is 6.18 Å². The van der Waals surface area contributed by atoms with E-state index in [0.29, 0.717) is 40.7 Å². The first-order chi connectivity index (χ1) is 24.8. The fraction of sp³-hybridized carbons (Fsp3) is 0.605. The fourth-order valence-corrected chi connectivity index (χ4v) is 11.0. The molecule has 3 saturated heterocycles. The van der Waals surface area contributed by atoms with Gasteiger partial charge < -0.3 is 14.4 Å². The summed E-state index contributed by atoms with van der Waals surface area (Å²) >= 11 is 1.15. The lowest BCUT2D eigenvalue weighted by molar-refractivity contribution is -0.126. The van der Waals surface area contributed by atoms with Gasteiger partial charge in [0.2, 0.25) is 0 Å².